The SMILES string of the molecule is Cc1ccc(C2=C(N(C)Cc3ccccc3)C(=O)N(CCc3ccc(F)cc3)C2=O)cc1C. The van der Waals surface area contributed by atoms with Crippen LogP contribution in [-0.4, -0.2) is 35.2 Å². The van der Waals surface area contributed by atoms with Crippen LogP contribution in [-0.2, 0) is 22.6 Å². The quantitative estimate of drug-likeness (QED) is 0.489. The Balaban J connectivity index is 1.67. The predicted octanol–water partition coefficient (Wildman–Crippen LogP) is 4.90. The summed E-state index contributed by atoms with van der Waals surface area (Å²) in [7, 11) is 1.85. The maximum Gasteiger partial charge on any atom is 0.277 e. The zero-order valence-corrected chi connectivity index (χ0v) is 19.1. The summed E-state index contributed by atoms with van der Waals surface area (Å²) in [5.74, 6) is -0.898. The molecule has 0 N–H and O–H groups in total. The van der Waals surface area contributed by atoms with Gasteiger partial charge >= 0.3 is 0 Å². The monoisotopic (exact) mass is 442 g/mol. The maximum atomic E-state index is 13.5. The molecular formula is C28H27FN2O2. The number of carbonyl (C=O) groups is 2. The number of aryl methyl sites for hydroxylation is 2. The van der Waals surface area contributed by atoms with Gasteiger partial charge in [-0.05, 0) is 60.2 Å². The number of benzene rings is 3. The Morgan fingerprint density at radius 3 is 2.18 bits per heavy atom. The first kappa shape index (κ1) is 22.5. The summed E-state index contributed by atoms with van der Waals surface area (Å²) in [6, 6.07) is 21.9. The van der Waals surface area contributed by atoms with Crippen LogP contribution in [0.3, 0.4) is 0 Å². The van der Waals surface area contributed by atoms with Crippen molar-refractivity contribution in [3.05, 3.63) is 112 Å². The number of hydrogen-bond donors (Lipinski definition) is 0. The number of halogens is 1. The van der Waals surface area contributed by atoms with E-state index in [1.807, 2.05) is 74.3 Å². The van der Waals surface area contributed by atoms with Crippen LogP contribution >= 0.6 is 0 Å². The third-order valence-corrected chi connectivity index (χ3v) is 6.12. The molecule has 0 radical (unpaired) electrons. The molecule has 0 aromatic heterocycles. The van der Waals surface area contributed by atoms with E-state index < -0.39 is 0 Å². The first-order valence-corrected chi connectivity index (χ1v) is 11.0. The van der Waals surface area contributed by atoms with Crippen LogP contribution < -0.4 is 0 Å². The van der Waals surface area contributed by atoms with Crippen molar-refractivity contribution in [3.63, 3.8) is 0 Å². The second-order valence-corrected chi connectivity index (χ2v) is 8.50. The maximum absolute atomic E-state index is 13.5. The summed E-state index contributed by atoms with van der Waals surface area (Å²) in [5.41, 5.74) is 5.70. The second-order valence-electron chi connectivity index (χ2n) is 8.50. The van der Waals surface area contributed by atoms with E-state index in [0.717, 1.165) is 27.8 Å². The summed E-state index contributed by atoms with van der Waals surface area (Å²) in [5, 5.41) is 0. The lowest BCUT2D eigenvalue weighted by Crippen LogP contribution is -2.35. The highest BCUT2D eigenvalue weighted by atomic mass is 19.1. The minimum atomic E-state index is -0.310. The topological polar surface area (TPSA) is 40.6 Å². The lowest BCUT2D eigenvalue weighted by atomic mass is 9.99. The fourth-order valence-electron chi connectivity index (χ4n) is 4.11. The molecule has 5 heteroatoms. The number of amides is 2. The number of likely N-dealkylation sites (N-methyl/N-ethyl adjacent to an activating group) is 1. The molecule has 3 aromatic rings. The molecule has 1 heterocycles. The molecule has 1 aliphatic rings. The molecule has 1 aliphatic heterocycles. The van der Waals surface area contributed by atoms with Crippen LogP contribution in [0.2, 0.25) is 0 Å². The average molecular weight is 443 g/mol. The van der Waals surface area contributed by atoms with Gasteiger partial charge in [-0.15, -0.1) is 0 Å². The van der Waals surface area contributed by atoms with Gasteiger partial charge in [-0.1, -0.05) is 60.7 Å². The molecule has 0 spiro atoms. The van der Waals surface area contributed by atoms with Gasteiger partial charge in [-0.2, -0.15) is 0 Å². The molecule has 33 heavy (non-hydrogen) atoms. The van der Waals surface area contributed by atoms with E-state index in [0.29, 0.717) is 24.2 Å². The van der Waals surface area contributed by atoms with E-state index in [9.17, 15) is 14.0 Å². The molecule has 0 fully saturated rings. The molecule has 2 amide bonds. The zero-order valence-electron chi connectivity index (χ0n) is 19.1. The third kappa shape index (κ3) is 4.72. The number of imide groups is 1. The van der Waals surface area contributed by atoms with Crippen LogP contribution in [0.5, 0.6) is 0 Å². The first-order chi connectivity index (χ1) is 15.8. The van der Waals surface area contributed by atoms with Crippen molar-refractivity contribution in [2.45, 2.75) is 26.8 Å². The average Bonchev–Trinajstić information content (AvgIpc) is 3.05. The Morgan fingerprint density at radius 1 is 0.818 bits per heavy atom. The lowest BCUT2D eigenvalue weighted by Gasteiger charge is -2.21. The Hall–Kier alpha value is -3.73. The van der Waals surface area contributed by atoms with E-state index in [1.54, 1.807) is 12.1 Å². The van der Waals surface area contributed by atoms with Gasteiger partial charge in [-0.3, -0.25) is 14.5 Å². The Morgan fingerprint density at radius 2 is 1.52 bits per heavy atom. The summed E-state index contributed by atoms with van der Waals surface area (Å²) >= 11 is 0. The molecule has 3 aromatic carbocycles. The Bertz CT molecular complexity index is 1220. The van der Waals surface area contributed by atoms with E-state index >= 15 is 0 Å². The molecule has 0 saturated carbocycles. The van der Waals surface area contributed by atoms with Crippen LogP contribution in [0.4, 0.5) is 4.39 Å². The molecule has 0 unspecified atom stereocenters. The molecule has 0 aliphatic carbocycles. The van der Waals surface area contributed by atoms with E-state index in [-0.39, 0.29) is 24.2 Å². The lowest BCUT2D eigenvalue weighted by molar-refractivity contribution is -0.137. The van der Waals surface area contributed by atoms with Crippen molar-refractivity contribution in [1.82, 2.24) is 9.80 Å². The normalized spacial score (nSPS) is 13.8. The first-order valence-electron chi connectivity index (χ1n) is 11.0. The number of rotatable bonds is 7. The zero-order chi connectivity index (χ0) is 23.5. The van der Waals surface area contributed by atoms with Crippen LogP contribution in [0, 0.1) is 19.7 Å². The minimum absolute atomic E-state index is 0.236. The van der Waals surface area contributed by atoms with Gasteiger partial charge in [0.2, 0.25) is 0 Å². The fourth-order valence-corrected chi connectivity index (χ4v) is 4.11. The highest BCUT2D eigenvalue weighted by molar-refractivity contribution is 6.35. The van der Waals surface area contributed by atoms with Gasteiger partial charge in [0.05, 0.1) is 5.57 Å². The van der Waals surface area contributed by atoms with E-state index in [2.05, 4.69) is 0 Å². The predicted molar refractivity (Wildman–Crippen MR) is 128 cm³/mol. The second kappa shape index (κ2) is 9.41. The van der Waals surface area contributed by atoms with Crippen molar-refractivity contribution in [2.24, 2.45) is 0 Å². The number of nitrogens with zero attached hydrogens (tertiary/aromatic N) is 2. The Labute approximate surface area is 194 Å². The summed E-state index contributed by atoms with van der Waals surface area (Å²) in [6.07, 6.45) is 0.466. The van der Waals surface area contributed by atoms with Crippen LogP contribution in [0.15, 0.2) is 78.5 Å². The molecular weight excluding hydrogens is 415 g/mol. The molecule has 0 atom stereocenters. The third-order valence-electron chi connectivity index (χ3n) is 6.12. The molecule has 0 bridgehead atoms. The van der Waals surface area contributed by atoms with Gasteiger partial charge in [0.1, 0.15) is 11.5 Å². The van der Waals surface area contributed by atoms with Gasteiger partial charge in [0, 0.05) is 20.1 Å². The summed E-state index contributed by atoms with van der Waals surface area (Å²) < 4.78 is 13.2. The van der Waals surface area contributed by atoms with Crippen LogP contribution in [0.25, 0.3) is 5.57 Å². The molecule has 4 rings (SSSR count). The highest BCUT2D eigenvalue weighted by Gasteiger charge is 2.40. The van der Waals surface area contributed by atoms with Crippen molar-refractivity contribution in [2.75, 3.05) is 13.6 Å². The van der Waals surface area contributed by atoms with Gasteiger partial charge in [0.25, 0.3) is 11.8 Å². The van der Waals surface area contributed by atoms with Crippen molar-refractivity contribution >= 4 is 17.4 Å². The molecule has 4 nitrogen and oxygen atoms in total. The smallest absolute Gasteiger partial charge is 0.277 e. The summed E-state index contributed by atoms with van der Waals surface area (Å²) in [4.78, 5) is 30.2. The van der Waals surface area contributed by atoms with Gasteiger partial charge < -0.3 is 4.90 Å². The minimum Gasteiger partial charge on any atom is -0.365 e. The molecule has 168 valence electrons. The Kier molecular flexibility index (Phi) is 6.40. The van der Waals surface area contributed by atoms with Gasteiger partial charge in [-0.25, -0.2) is 4.39 Å². The van der Waals surface area contributed by atoms with Crippen LogP contribution in [0.1, 0.15) is 27.8 Å². The largest absolute Gasteiger partial charge is 0.365 e. The van der Waals surface area contributed by atoms with E-state index in [1.165, 1.54) is 17.0 Å². The van der Waals surface area contributed by atoms with Crippen molar-refractivity contribution < 1.29 is 14.0 Å². The highest BCUT2D eigenvalue weighted by Crippen LogP contribution is 2.32. The van der Waals surface area contributed by atoms with Crippen molar-refractivity contribution in [1.29, 1.82) is 0 Å². The fraction of sp³-hybridized carbons (Fsp3) is 0.214. The van der Waals surface area contributed by atoms with Crippen molar-refractivity contribution in [3.8, 4) is 0 Å². The number of carbonyl (C=O) groups excluding carboxylic acids is 2. The summed E-state index contributed by atoms with van der Waals surface area (Å²) in [6.45, 7) is 4.77. The number of hydrogen-bond acceptors (Lipinski definition) is 3. The molecule has 0 saturated heterocycles. The van der Waals surface area contributed by atoms with Gasteiger partial charge in [0.15, 0.2) is 0 Å². The van der Waals surface area contributed by atoms with E-state index in [4.69, 9.17) is 0 Å². The standard InChI is InChI=1S/C28H27FN2O2/c1-19-9-12-23(17-20(19)2)25-26(30(3)18-22-7-5-4-6-8-22)28(33)31(27(25)32)16-15-21-10-13-24(29)14-11-21/h4-14,17H,15-16,18H2,1-3H3.